The Bertz CT molecular complexity index is 768. The highest BCUT2D eigenvalue weighted by molar-refractivity contribution is 14.0. The topological polar surface area (TPSA) is 83.0 Å². The van der Waals surface area contributed by atoms with Gasteiger partial charge >= 0.3 is 0 Å². The van der Waals surface area contributed by atoms with Crippen LogP contribution in [0.15, 0.2) is 29.3 Å². The molecule has 0 fully saturated rings. The molecule has 1 aromatic rings. The van der Waals surface area contributed by atoms with Crippen LogP contribution < -0.4 is 15.4 Å². The average Bonchev–Trinajstić information content (AvgIpc) is 2.62. The van der Waals surface area contributed by atoms with E-state index in [2.05, 4.69) is 35.5 Å². The minimum atomic E-state index is -3.13. The third kappa shape index (κ3) is 6.77. The lowest BCUT2D eigenvalue weighted by molar-refractivity contribution is 0.0694. The second-order valence-electron chi connectivity index (χ2n) is 7.38. The second-order valence-corrected chi connectivity index (χ2v) is 9.74. The number of halogens is 1. The third-order valence-corrected chi connectivity index (χ3v) is 6.55. The summed E-state index contributed by atoms with van der Waals surface area (Å²) in [4.78, 5) is 4.31. The number of nitrogens with zero attached hydrogens (tertiary/aromatic N) is 2. The van der Waals surface area contributed by atoms with E-state index in [9.17, 15) is 8.42 Å². The van der Waals surface area contributed by atoms with Crippen LogP contribution in [-0.2, 0) is 10.0 Å². The van der Waals surface area contributed by atoms with E-state index < -0.39 is 10.0 Å². The molecule has 0 aliphatic carbocycles. The Labute approximate surface area is 186 Å². The zero-order valence-corrected chi connectivity index (χ0v) is 20.5. The fourth-order valence-corrected chi connectivity index (χ4v) is 4.01. The first kappa shape index (κ1) is 25.0. The van der Waals surface area contributed by atoms with Gasteiger partial charge in [-0.15, -0.1) is 24.0 Å². The maximum atomic E-state index is 11.8. The van der Waals surface area contributed by atoms with Gasteiger partial charge in [0.25, 0.3) is 0 Å². The molecular weight excluding hydrogens is 491 g/mol. The fraction of sp³-hybridized carbons (Fsp3) is 0.632. The smallest absolute Gasteiger partial charge is 0.213 e. The largest absolute Gasteiger partial charge is 0.487 e. The summed E-state index contributed by atoms with van der Waals surface area (Å²) in [6.45, 7) is 6.93. The Kier molecular flexibility index (Phi) is 9.48. The zero-order chi connectivity index (χ0) is 20.1. The van der Waals surface area contributed by atoms with Crippen molar-refractivity contribution in [1.29, 1.82) is 0 Å². The molecule has 1 aliphatic rings. The van der Waals surface area contributed by atoms with Gasteiger partial charge in [0.15, 0.2) is 5.96 Å². The van der Waals surface area contributed by atoms with E-state index in [1.165, 1.54) is 4.31 Å². The standard InChI is InChI=1S/C19H32N4O3S.HI/c1-6-27(24,25)23(5)13-9-12-21-18(20-4)22-16-14-19(2,3)26-17-11-8-7-10-15(16)17;/h7-8,10-11,16H,6,9,12-14H2,1-5H3,(H2,20,21,22);1H. The summed E-state index contributed by atoms with van der Waals surface area (Å²) in [5, 5.41) is 6.75. The maximum absolute atomic E-state index is 11.8. The highest BCUT2D eigenvalue weighted by Gasteiger charge is 2.33. The van der Waals surface area contributed by atoms with Crippen molar-refractivity contribution < 1.29 is 13.2 Å². The van der Waals surface area contributed by atoms with E-state index >= 15 is 0 Å². The number of nitrogens with one attached hydrogen (secondary N) is 2. The predicted molar refractivity (Wildman–Crippen MR) is 125 cm³/mol. The summed E-state index contributed by atoms with van der Waals surface area (Å²) in [5.41, 5.74) is 0.857. The first-order valence-electron chi connectivity index (χ1n) is 9.37. The molecule has 0 spiro atoms. The number of sulfonamides is 1. The summed E-state index contributed by atoms with van der Waals surface area (Å²) < 4.78 is 31.0. The van der Waals surface area contributed by atoms with Crippen LogP contribution in [0.3, 0.4) is 0 Å². The number of hydrogen-bond donors (Lipinski definition) is 2. The Morgan fingerprint density at radius 2 is 2.04 bits per heavy atom. The molecule has 0 saturated heterocycles. The molecule has 7 nitrogen and oxygen atoms in total. The number of rotatable bonds is 7. The zero-order valence-electron chi connectivity index (χ0n) is 17.4. The SMILES string of the molecule is CCS(=O)(=O)N(C)CCCNC(=NC)NC1CC(C)(C)Oc2ccccc21.I. The monoisotopic (exact) mass is 524 g/mol. The summed E-state index contributed by atoms with van der Waals surface area (Å²) in [6.07, 6.45) is 1.52. The van der Waals surface area contributed by atoms with E-state index in [1.54, 1.807) is 21.0 Å². The van der Waals surface area contributed by atoms with Gasteiger partial charge < -0.3 is 15.4 Å². The highest BCUT2D eigenvalue weighted by Crippen LogP contribution is 2.39. The van der Waals surface area contributed by atoms with E-state index in [-0.39, 0.29) is 41.4 Å². The van der Waals surface area contributed by atoms with Gasteiger partial charge in [0.05, 0.1) is 11.8 Å². The maximum Gasteiger partial charge on any atom is 0.213 e. The van der Waals surface area contributed by atoms with Crippen molar-refractivity contribution in [2.75, 3.05) is 32.9 Å². The number of fused-ring (bicyclic) bond motifs is 1. The molecule has 0 bridgehead atoms. The van der Waals surface area contributed by atoms with Gasteiger partial charge in [-0.2, -0.15) is 0 Å². The van der Waals surface area contributed by atoms with Crippen molar-refractivity contribution in [3.8, 4) is 5.75 Å². The normalized spacial score (nSPS) is 18.6. The van der Waals surface area contributed by atoms with Crippen molar-refractivity contribution in [1.82, 2.24) is 14.9 Å². The van der Waals surface area contributed by atoms with Crippen LogP contribution in [-0.4, -0.2) is 57.2 Å². The minimum Gasteiger partial charge on any atom is -0.487 e. The predicted octanol–water partition coefficient (Wildman–Crippen LogP) is 2.74. The number of benzene rings is 1. The van der Waals surface area contributed by atoms with Gasteiger partial charge in [-0.05, 0) is 33.3 Å². The van der Waals surface area contributed by atoms with Gasteiger partial charge in [0, 0.05) is 39.2 Å². The molecular formula is C19H33IN4O3S. The summed E-state index contributed by atoms with van der Waals surface area (Å²) >= 11 is 0. The van der Waals surface area contributed by atoms with Gasteiger partial charge in [0.2, 0.25) is 10.0 Å². The van der Waals surface area contributed by atoms with Gasteiger partial charge in [-0.25, -0.2) is 12.7 Å². The van der Waals surface area contributed by atoms with Gasteiger partial charge in [-0.1, -0.05) is 18.2 Å². The highest BCUT2D eigenvalue weighted by atomic mass is 127. The molecule has 0 amide bonds. The number of hydrogen-bond acceptors (Lipinski definition) is 4. The molecule has 1 aliphatic heterocycles. The molecule has 2 rings (SSSR count). The van der Waals surface area contributed by atoms with Crippen LogP contribution in [0.5, 0.6) is 5.75 Å². The lowest BCUT2D eigenvalue weighted by Gasteiger charge is -2.38. The van der Waals surface area contributed by atoms with E-state index in [0.717, 1.165) is 17.7 Å². The summed E-state index contributed by atoms with van der Waals surface area (Å²) in [7, 11) is 0.226. The van der Waals surface area contributed by atoms with E-state index in [0.29, 0.717) is 25.5 Å². The molecule has 28 heavy (non-hydrogen) atoms. The molecule has 0 saturated carbocycles. The average molecular weight is 524 g/mol. The van der Waals surface area contributed by atoms with Crippen LogP contribution in [0.25, 0.3) is 0 Å². The number of ether oxygens (including phenoxy) is 1. The number of para-hydroxylation sites is 1. The van der Waals surface area contributed by atoms with Crippen LogP contribution in [0.4, 0.5) is 0 Å². The summed E-state index contributed by atoms with van der Waals surface area (Å²) in [6, 6.07) is 8.14. The number of guanidine groups is 1. The van der Waals surface area contributed by atoms with E-state index in [4.69, 9.17) is 4.74 Å². The Morgan fingerprint density at radius 3 is 2.68 bits per heavy atom. The van der Waals surface area contributed by atoms with E-state index in [1.807, 2.05) is 18.2 Å². The molecule has 1 aromatic carbocycles. The van der Waals surface area contributed by atoms with Crippen molar-refractivity contribution in [3.63, 3.8) is 0 Å². The first-order valence-corrected chi connectivity index (χ1v) is 11.0. The Balaban J connectivity index is 0.00000392. The van der Waals surface area contributed by atoms with Crippen LogP contribution in [0.2, 0.25) is 0 Å². The Morgan fingerprint density at radius 1 is 1.36 bits per heavy atom. The lowest BCUT2D eigenvalue weighted by atomic mass is 9.90. The molecule has 1 heterocycles. The fourth-order valence-electron chi connectivity index (χ4n) is 3.16. The Hall–Kier alpha value is -1.07. The second kappa shape index (κ2) is 10.6. The molecule has 1 atom stereocenters. The van der Waals surface area contributed by atoms with Crippen molar-refractivity contribution >= 4 is 40.0 Å². The van der Waals surface area contributed by atoms with Gasteiger partial charge in [-0.3, -0.25) is 4.99 Å². The lowest BCUT2D eigenvalue weighted by Crippen LogP contribution is -2.45. The molecule has 0 aromatic heterocycles. The van der Waals surface area contributed by atoms with Crippen molar-refractivity contribution in [2.45, 2.75) is 45.3 Å². The van der Waals surface area contributed by atoms with Crippen molar-refractivity contribution in [2.24, 2.45) is 4.99 Å². The molecule has 2 N–H and O–H groups in total. The molecule has 0 radical (unpaired) electrons. The number of aliphatic imine (C=N–C) groups is 1. The minimum absolute atomic E-state index is 0. The molecule has 160 valence electrons. The van der Waals surface area contributed by atoms with Crippen LogP contribution in [0, 0.1) is 0 Å². The van der Waals surface area contributed by atoms with Crippen LogP contribution >= 0.6 is 24.0 Å². The molecule has 1 unspecified atom stereocenters. The summed E-state index contributed by atoms with van der Waals surface area (Å²) in [5.74, 6) is 1.72. The quantitative estimate of drug-likeness (QED) is 0.248. The van der Waals surface area contributed by atoms with Gasteiger partial charge in [0.1, 0.15) is 11.4 Å². The third-order valence-electron chi connectivity index (χ3n) is 4.69. The van der Waals surface area contributed by atoms with Crippen LogP contribution in [0.1, 0.15) is 45.2 Å². The molecule has 9 heteroatoms. The van der Waals surface area contributed by atoms with Crippen molar-refractivity contribution in [3.05, 3.63) is 29.8 Å². The first-order chi connectivity index (χ1) is 12.7.